The maximum absolute atomic E-state index is 12.4. The lowest BCUT2D eigenvalue weighted by molar-refractivity contribution is -0.118. The molecule has 1 fully saturated rings. The number of carbonyl (C=O) groups is 1. The molecule has 2 aromatic carbocycles. The van der Waals surface area contributed by atoms with Crippen molar-refractivity contribution in [3.05, 3.63) is 54.6 Å². The number of benzene rings is 2. The third-order valence-electron chi connectivity index (χ3n) is 5.07. The summed E-state index contributed by atoms with van der Waals surface area (Å²) >= 11 is 0. The molecule has 0 atom stereocenters. The fourth-order valence-corrected chi connectivity index (χ4v) is 3.40. The van der Waals surface area contributed by atoms with E-state index in [9.17, 15) is 4.79 Å². The van der Waals surface area contributed by atoms with Crippen molar-refractivity contribution in [2.75, 3.05) is 19.7 Å². The largest absolute Gasteiger partial charge is 0.488 e. The number of carbonyl (C=O) groups excluding carboxylic acids is 1. The average molecular weight is 352 g/mol. The molecule has 1 aliphatic heterocycles. The van der Waals surface area contributed by atoms with Gasteiger partial charge in [0, 0.05) is 36.1 Å². The Morgan fingerprint density at radius 1 is 1.19 bits per heavy atom. The maximum Gasteiger partial charge on any atom is 0.250 e. The van der Waals surface area contributed by atoms with Crippen LogP contribution in [-0.4, -0.2) is 42.6 Å². The second-order valence-corrected chi connectivity index (χ2v) is 7.25. The van der Waals surface area contributed by atoms with Crippen LogP contribution in [0, 0.1) is 0 Å². The van der Waals surface area contributed by atoms with Gasteiger partial charge in [-0.05, 0) is 38.1 Å². The van der Waals surface area contributed by atoms with Crippen LogP contribution in [0.4, 0.5) is 0 Å². The molecule has 1 saturated heterocycles. The van der Waals surface area contributed by atoms with Crippen molar-refractivity contribution in [1.29, 1.82) is 0 Å². The van der Waals surface area contributed by atoms with Crippen LogP contribution >= 0.6 is 0 Å². The van der Waals surface area contributed by atoms with Crippen molar-refractivity contribution in [3.8, 4) is 5.75 Å². The van der Waals surface area contributed by atoms with Gasteiger partial charge in [-0.2, -0.15) is 0 Å². The number of rotatable bonds is 6. The average Bonchev–Trinajstić information content (AvgIpc) is 2.66. The Morgan fingerprint density at radius 2 is 1.88 bits per heavy atom. The van der Waals surface area contributed by atoms with E-state index in [1.807, 2.05) is 42.5 Å². The second kappa shape index (κ2) is 8.37. The van der Waals surface area contributed by atoms with Gasteiger partial charge < -0.3 is 15.0 Å². The van der Waals surface area contributed by atoms with Crippen LogP contribution in [0.15, 0.2) is 54.6 Å². The van der Waals surface area contributed by atoms with Crippen LogP contribution < -0.4 is 10.1 Å². The van der Waals surface area contributed by atoms with E-state index in [1.165, 1.54) is 0 Å². The molecule has 0 aliphatic carbocycles. The van der Waals surface area contributed by atoms with Crippen molar-refractivity contribution in [1.82, 2.24) is 10.2 Å². The van der Waals surface area contributed by atoms with Gasteiger partial charge in [-0.15, -0.1) is 0 Å². The first-order valence-electron chi connectivity index (χ1n) is 9.38. The minimum absolute atomic E-state index is 0.103. The third kappa shape index (κ3) is 4.44. The Morgan fingerprint density at radius 3 is 2.62 bits per heavy atom. The molecule has 0 spiro atoms. The molecule has 3 rings (SSSR count). The molecule has 2 aromatic rings. The fourth-order valence-electron chi connectivity index (χ4n) is 3.40. The van der Waals surface area contributed by atoms with Crippen LogP contribution in [-0.2, 0) is 4.79 Å². The van der Waals surface area contributed by atoms with Gasteiger partial charge in [0.1, 0.15) is 12.4 Å². The van der Waals surface area contributed by atoms with Gasteiger partial charge in [0.05, 0.1) is 0 Å². The molecular weight excluding hydrogens is 324 g/mol. The SMILES string of the molecule is C=C(COc1cccc2ccccc12)C(=O)NC1CCN(C(C)C)CC1. The lowest BCUT2D eigenvalue weighted by atomic mass is 10.0. The summed E-state index contributed by atoms with van der Waals surface area (Å²) in [5.41, 5.74) is 0.462. The third-order valence-corrected chi connectivity index (χ3v) is 5.07. The predicted octanol–water partition coefficient (Wildman–Crippen LogP) is 3.76. The van der Waals surface area contributed by atoms with Crippen LogP contribution in [0.25, 0.3) is 10.8 Å². The van der Waals surface area contributed by atoms with E-state index in [0.717, 1.165) is 42.5 Å². The molecule has 1 amide bonds. The zero-order valence-electron chi connectivity index (χ0n) is 15.7. The minimum atomic E-state index is -0.103. The van der Waals surface area contributed by atoms with Crippen molar-refractivity contribution in [3.63, 3.8) is 0 Å². The molecule has 0 unspecified atom stereocenters. The van der Waals surface area contributed by atoms with Crippen molar-refractivity contribution >= 4 is 16.7 Å². The second-order valence-electron chi connectivity index (χ2n) is 7.25. The lowest BCUT2D eigenvalue weighted by Crippen LogP contribution is -2.47. The number of fused-ring (bicyclic) bond motifs is 1. The van der Waals surface area contributed by atoms with E-state index in [0.29, 0.717) is 11.6 Å². The van der Waals surface area contributed by atoms with Gasteiger partial charge in [0.25, 0.3) is 0 Å². The first-order chi connectivity index (χ1) is 12.5. The van der Waals surface area contributed by atoms with Gasteiger partial charge in [0.15, 0.2) is 0 Å². The van der Waals surface area contributed by atoms with Crippen LogP contribution in [0.2, 0.25) is 0 Å². The van der Waals surface area contributed by atoms with E-state index in [-0.39, 0.29) is 18.6 Å². The quantitative estimate of drug-likeness (QED) is 0.805. The van der Waals surface area contributed by atoms with Gasteiger partial charge in [0.2, 0.25) is 5.91 Å². The summed E-state index contributed by atoms with van der Waals surface area (Å²) in [6.45, 7) is 10.6. The number of ether oxygens (including phenoxy) is 1. The van der Waals surface area contributed by atoms with E-state index < -0.39 is 0 Å². The highest BCUT2D eigenvalue weighted by Crippen LogP contribution is 2.25. The summed E-state index contributed by atoms with van der Waals surface area (Å²) in [6, 6.07) is 14.8. The fraction of sp³-hybridized carbons (Fsp3) is 0.409. The molecule has 0 bridgehead atoms. The Labute approximate surface area is 155 Å². The number of piperidine rings is 1. The summed E-state index contributed by atoms with van der Waals surface area (Å²) in [7, 11) is 0. The van der Waals surface area contributed by atoms with Gasteiger partial charge in [-0.3, -0.25) is 4.79 Å². The van der Waals surface area contributed by atoms with Gasteiger partial charge >= 0.3 is 0 Å². The van der Waals surface area contributed by atoms with Crippen molar-refractivity contribution < 1.29 is 9.53 Å². The Hall–Kier alpha value is -2.33. The number of hydrogen-bond acceptors (Lipinski definition) is 3. The molecule has 1 heterocycles. The van der Waals surface area contributed by atoms with Crippen LogP contribution in [0.3, 0.4) is 0 Å². The highest BCUT2D eigenvalue weighted by molar-refractivity contribution is 5.93. The number of likely N-dealkylation sites (tertiary alicyclic amines) is 1. The highest BCUT2D eigenvalue weighted by Gasteiger charge is 2.22. The van der Waals surface area contributed by atoms with Crippen LogP contribution in [0.5, 0.6) is 5.75 Å². The Bertz CT molecular complexity index is 771. The van der Waals surface area contributed by atoms with Crippen molar-refractivity contribution in [2.24, 2.45) is 0 Å². The first-order valence-corrected chi connectivity index (χ1v) is 9.38. The number of amides is 1. The number of nitrogens with one attached hydrogen (secondary N) is 1. The van der Waals surface area contributed by atoms with E-state index >= 15 is 0 Å². The number of hydrogen-bond donors (Lipinski definition) is 1. The standard InChI is InChI=1S/C22H28N2O2/c1-16(2)24-13-11-19(12-14-24)23-22(25)17(3)15-26-21-10-6-8-18-7-4-5-9-20(18)21/h4-10,16,19H,3,11-15H2,1-2H3,(H,23,25). The van der Waals surface area contributed by atoms with Crippen LogP contribution in [0.1, 0.15) is 26.7 Å². The molecule has 0 saturated carbocycles. The van der Waals surface area contributed by atoms with E-state index in [4.69, 9.17) is 4.74 Å². The van der Waals surface area contributed by atoms with E-state index in [2.05, 4.69) is 30.6 Å². The number of nitrogens with zero attached hydrogens (tertiary/aromatic N) is 1. The molecule has 4 heteroatoms. The summed E-state index contributed by atoms with van der Waals surface area (Å²) in [5, 5.41) is 5.27. The molecule has 26 heavy (non-hydrogen) atoms. The lowest BCUT2D eigenvalue weighted by Gasteiger charge is -2.34. The Kier molecular flexibility index (Phi) is 5.94. The molecule has 4 nitrogen and oxygen atoms in total. The zero-order valence-corrected chi connectivity index (χ0v) is 15.7. The summed E-state index contributed by atoms with van der Waals surface area (Å²) in [4.78, 5) is 14.9. The molecular formula is C22H28N2O2. The van der Waals surface area contributed by atoms with Gasteiger partial charge in [-0.25, -0.2) is 0 Å². The monoisotopic (exact) mass is 352 g/mol. The molecule has 0 aromatic heterocycles. The Balaban J connectivity index is 1.51. The molecule has 1 N–H and O–H groups in total. The van der Waals surface area contributed by atoms with E-state index in [1.54, 1.807) is 0 Å². The smallest absolute Gasteiger partial charge is 0.250 e. The highest BCUT2D eigenvalue weighted by atomic mass is 16.5. The molecule has 138 valence electrons. The van der Waals surface area contributed by atoms with Crippen molar-refractivity contribution in [2.45, 2.75) is 38.8 Å². The topological polar surface area (TPSA) is 41.6 Å². The summed E-state index contributed by atoms with van der Waals surface area (Å²) < 4.78 is 5.87. The molecule has 0 radical (unpaired) electrons. The summed E-state index contributed by atoms with van der Waals surface area (Å²) in [6.07, 6.45) is 1.97. The maximum atomic E-state index is 12.4. The molecule has 1 aliphatic rings. The summed E-state index contributed by atoms with van der Waals surface area (Å²) in [5.74, 6) is 0.676. The normalized spacial score (nSPS) is 16.0. The zero-order chi connectivity index (χ0) is 18.5. The first kappa shape index (κ1) is 18.5. The minimum Gasteiger partial charge on any atom is -0.488 e. The van der Waals surface area contributed by atoms with Gasteiger partial charge in [-0.1, -0.05) is 43.0 Å². The predicted molar refractivity (Wildman–Crippen MR) is 106 cm³/mol.